The van der Waals surface area contributed by atoms with Crippen LogP contribution in [0.2, 0.25) is 0 Å². The summed E-state index contributed by atoms with van der Waals surface area (Å²) in [5.74, 6) is -0.805. The van der Waals surface area contributed by atoms with Gasteiger partial charge in [0.1, 0.15) is 6.61 Å². The van der Waals surface area contributed by atoms with Crippen molar-refractivity contribution in [1.82, 2.24) is 5.32 Å². The summed E-state index contributed by atoms with van der Waals surface area (Å²) in [6, 6.07) is 0. The smallest absolute Gasteiger partial charge is 0.462 e. The molecule has 0 aliphatic heterocycles. The molecule has 0 aromatic heterocycles. The summed E-state index contributed by atoms with van der Waals surface area (Å²) >= 11 is 0. The molecule has 0 saturated carbocycles. The first-order chi connectivity index (χ1) is 23.6. The van der Waals surface area contributed by atoms with Crippen molar-refractivity contribution in [2.24, 2.45) is 5.41 Å². The molecule has 0 aromatic carbocycles. The molecule has 0 saturated heterocycles. The van der Waals surface area contributed by atoms with Gasteiger partial charge in [-0.2, -0.15) is 0 Å². The third kappa shape index (κ3) is 36.8. The molecule has 0 aromatic rings. The van der Waals surface area contributed by atoms with Crippen LogP contribution in [0.3, 0.4) is 0 Å². The Labute approximate surface area is 308 Å². The van der Waals surface area contributed by atoms with Gasteiger partial charge in [-0.25, -0.2) is 4.57 Å². The van der Waals surface area contributed by atoms with Gasteiger partial charge in [-0.3, -0.25) is 18.6 Å². The van der Waals surface area contributed by atoms with Crippen LogP contribution >= 0.6 is 7.82 Å². The minimum Gasteiger partial charge on any atom is -0.462 e. The van der Waals surface area contributed by atoms with Crippen molar-refractivity contribution in [2.45, 2.75) is 214 Å². The summed E-state index contributed by atoms with van der Waals surface area (Å²) in [6.07, 6.45) is 25.6. The number of phosphoric ester groups is 1. The number of esters is 2. The van der Waals surface area contributed by atoms with Gasteiger partial charge in [-0.15, -0.1) is 0 Å². The fourth-order valence-corrected chi connectivity index (χ4v) is 6.44. The highest BCUT2D eigenvalue weighted by Gasteiger charge is 2.26. The lowest BCUT2D eigenvalue weighted by Gasteiger charge is -2.22. The average molecular weight is 734 g/mol. The van der Waals surface area contributed by atoms with Crippen molar-refractivity contribution in [2.75, 3.05) is 26.4 Å². The van der Waals surface area contributed by atoms with E-state index in [-0.39, 0.29) is 37.6 Å². The molecule has 50 heavy (non-hydrogen) atoms. The third-order valence-corrected chi connectivity index (χ3v) is 9.69. The van der Waals surface area contributed by atoms with Crippen LogP contribution in [0.5, 0.6) is 0 Å². The van der Waals surface area contributed by atoms with E-state index in [0.717, 1.165) is 38.5 Å². The average Bonchev–Trinajstić information content (AvgIpc) is 3.03. The zero-order valence-electron chi connectivity index (χ0n) is 33.6. The minimum atomic E-state index is -4.39. The molecule has 10 heteroatoms. The third-order valence-electron chi connectivity index (χ3n) is 8.71. The lowest BCUT2D eigenvalue weighted by atomic mass is 9.89. The quantitative estimate of drug-likeness (QED) is 0.0378. The molecule has 0 spiro atoms. The van der Waals surface area contributed by atoms with Crippen LogP contribution in [-0.2, 0) is 32.7 Å². The van der Waals surface area contributed by atoms with E-state index < -0.39 is 26.5 Å². The second-order valence-corrected chi connectivity index (χ2v) is 17.9. The summed E-state index contributed by atoms with van der Waals surface area (Å²) in [5, 5.41) is 3.17. The van der Waals surface area contributed by atoms with E-state index in [2.05, 4.69) is 33.0 Å². The molecule has 0 aliphatic carbocycles. The first-order valence-corrected chi connectivity index (χ1v) is 21.8. The predicted octanol–water partition coefficient (Wildman–Crippen LogP) is 11.4. The molecule has 0 amide bonds. The molecule has 0 heterocycles. The lowest BCUT2D eigenvalue weighted by molar-refractivity contribution is -0.161. The maximum absolute atomic E-state index is 12.6. The second kappa shape index (κ2) is 30.5. The number of unbranched alkanes of at least 4 members (excludes halogenated alkanes) is 19. The van der Waals surface area contributed by atoms with Crippen molar-refractivity contribution in [3.8, 4) is 0 Å². The SMILES string of the molecule is CCCCCCCCCCCCCCCC(=O)OCC(COP(=O)(O)OCCNC(C)(C)C)OC(=O)CCCCCCCCCCC(C)(C)C. The Kier molecular flexibility index (Phi) is 29.9. The fourth-order valence-electron chi connectivity index (χ4n) is 5.69. The van der Waals surface area contributed by atoms with Crippen LogP contribution in [0, 0.1) is 5.41 Å². The van der Waals surface area contributed by atoms with Gasteiger partial charge < -0.3 is 19.7 Å². The number of carbonyl (C=O) groups excluding carboxylic acids is 2. The maximum atomic E-state index is 12.6. The van der Waals surface area contributed by atoms with Crippen molar-refractivity contribution < 1.29 is 37.6 Å². The molecule has 0 rings (SSSR count). The highest BCUT2D eigenvalue weighted by molar-refractivity contribution is 7.47. The molecule has 2 atom stereocenters. The molecule has 2 unspecified atom stereocenters. The Hall–Kier alpha value is -0.990. The Morgan fingerprint density at radius 3 is 1.52 bits per heavy atom. The molecule has 2 N–H and O–H groups in total. The van der Waals surface area contributed by atoms with E-state index in [4.69, 9.17) is 18.5 Å². The largest absolute Gasteiger partial charge is 0.472 e. The number of ether oxygens (including phenoxy) is 2. The highest BCUT2D eigenvalue weighted by atomic mass is 31.2. The van der Waals surface area contributed by atoms with Gasteiger partial charge in [0.25, 0.3) is 0 Å². The second-order valence-electron chi connectivity index (χ2n) is 16.5. The molecule has 0 fully saturated rings. The fraction of sp³-hybridized carbons (Fsp3) is 0.950. The summed E-state index contributed by atoms with van der Waals surface area (Å²) in [6.45, 7) is 14.8. The normalized spacial score (nSPS) is 14.0. The number of phosphoric acid groups is 1. The van der Waals surface area contributed by atoms with Crippen LogP contribution in [0.1, 0.15) is 203 Å². The van der Waals surface area contributed by atoms with Crippen LogP contribution in [0.4, 0.5) is 0 Å². The summed E-state index contributed by atoms with van der Waals surface area (Å²) in [5.41, 5.74) is 0.244. The number of hydrogen-bond acceptors (Lipinski definition) is 8. The monoisotopic (exact) mass is 734 g/mol. The van der Waals surface area contributed by atoms with Crippen LogP contribution in [0.25, 0.3) is 0 Å². The number of nitrogens with one attached hydrogen (secondary N) is 1. The van der Waals surface area contributed by atoms with E-state index in [1.165, 1.54) is 96.3 Å². The van der Waals surface area contributed by atoms with Crippen LogP contribution in [-0.4, -0.2) is 54.8 Å². The van der Waals surface area contributed by atoms with E-state index >= 15 is 0 Å². The lowest BCUT2D eigenvalue weighted by Crippen LogP contribution is -2.37. The maximum Gasteiger partial charge on any atom is 0.472 e. The number of hydrogen-bond donors (Lipinski definition) is 2. The standard InChI is InChI=1S/C40H80NO8P/c1-8-9-10-11-12-13-14-15-16-17-20-23-26-29-37(42)46-34-36(35-48-50(44,45)47-33-32-41-40(5,6)7)49-38(43)30-27-24-21-18-19-22-25-28-31-39(2,3)4/h36,41H,8-35H2,1-7H3,(H,44,45). The summed E-state index contributed by atoms with van der Waals surface area (Å²) < 4.78 is 33.6. The van der Waals surface area contributed by atoms with Gasteiger partial charge >= 0.3 is 19.8 Å². The van der Waals surface area contributed by atoms with Crippen LogP contribution < -0.4 is 5.32 Å². The zero-order chi connectivity index (χ0) is 37.6. The van der Waals surface area contributed by atoms with Gasteiger partial charge in [0.05, 0.1) is 13.2 Å². The Morgan fingerprint density at radius 1 is 0.620 bits per heavy atom. The van der Waals surface area contributed by atoms with Gasteiger partial charge in [0.2, 0.25) is 0 Å². The predicted molar refractivity (Wildman–Crippen MR) is 206 cm³/mol. The Balaban J connectivity index is 4.44. The minimum absolute atomic E-state index is 0.0273. The first-order valence-electron chi connectivity index (χ1n) is 20.4. The van der Waals surface area contributed by atoms with E-state index in [1.54, 1.807) is 0 Å². The molecule has 9 nitrogen and oxygen atoms in total. The highest BCUT2D eigenvalue weighted by Crippen LogP contribution is 2.43. The zero-order valence-corrected chi connectivity index (χ0v) is 34.5. The van der Waals surface area contributed by atoms with E-state index in [9.17, 15) is 19.0 Å². The van der Waals surface area contributed by atoms with Gasteiger partial charge in [-0.1, -0.05) is 150 Å². The van der Waals surface area contributed by atoms with Crippen molar-refractivity contribution >= 4 is 19.8 Å². The van der Waals surface area contributed by atoms with Gasteiger partial charge in [0, 0.05) is 24.9 Å². The summed E-state index contributed by atoms with van der Waals surface area (Å²) in [4.78, 5) is 35.2. The van der Waals surface area contributed by atoms with Crippen molar-refractivity contribution in [1.29, 1.82) is 0 Å². The Bertz CT molecular complexity index is 870. The number of rotatable bonds is 34. The summed E-state index contributed by atoms with van der Waals surface area (Å²) in [7, 11) is -4.39. The van der Waals surface area contributed by atoms with Gasteiger partial charge in [0.15, 0.2) is 6.10 Å². The molecular weight excluding hydrogens is 653 g/mol. The molecule has 0 aliphatic rings. The first kappa shape index (κ1) is 49.0. The van der Waals surface area contributed by atoms with Gasteiger partial charge in [-0.05, 0) is 45.4 Å². The van der Waals surface area contributed by atoms with Crippen LogP contribution in [0.15, 0.2) is 0 Å². The molecular formula is C40H80NO8P. The van der Waals surface area contributed by atoms with E-state index in [1.807, 2.05) is 20.8 Å². The van der Waals surface area contributed by atoms with Crippen molar-refractivity contribution in [3.05, 3.63) is 0 Å². The molecule has 0 bridgehead atoms. The topological polar surface area (TPSA) is 120 Å². The molecule has 0 radical (unpaired) electrons. The number of carbonyl (C=O) groups is 2. The molecule has 298 valence electrons. The Morgan fingerprint density at radius 2 is 1.06 bits per heavy atom. The van der Waals surface area contributed by atoms with E-state index in [0.29, 0.717) is 18.4 Å². The van der Waals surface area contributed by atoms with Crippen molar-refractivity contribution in [3.63, 3.8) is 0 Å².